The molecule has 0 aromatic heterocycles. The number of aliphatic hydroxyl groups excluding tert-OH is 1. The summed E-state index contributed by atoms with van der Waals surface area (Å²) in [7, 11) is 1.66. The number of benzene rings is 1. The molecule has 1 aliphatic carbocycles. The van der Waals surface area contributed by atoms with E-state index in [1.807, 2.05) is 18.2 Å². The average Bonchev–Trinajstić information content (AvgIpc) is 2.39. The molecule has 1 unspecified atom stereocenters. The normalized spacial score (nSPS) is 19.9. The molecule has 1 aromatic rings. The van der Waals surface area contributed by atoms with Crippen LogP contribution in [0.25, 0.3) is 5.57 Å². The van der Waals surface area contributed by atoms with Crippen LogP contribution in [0.1, 0.15) is 24.8 Å². The van der Waals surface area contributed by atoms with Crippen LogP contribution in [-0.4, -0.2) is 18.8 Å². The first-order valence-electron chi connectivity index (χ1n) is 5.88. The van der Waals surface area contributed by atoms with Crippen molar-refractivity contribution in [1.29, 1.82) is 0 Å². The number of hydrogen-bond acceptors (Lipinski definition) is 2. The predicted octanol–water partition coefficient (Wildman–Crippen LogP) is 3.52. The number of ether oxygens (including phenoxy) is 1. The third-order valence-corrected chi connectivity index (χ3v) is 3.63. The highest BCUT2D eigenvalue weighted by Crippen LogP contribution is 2.35. The van der Waals surface area contributed by atoms with Gasteiger partial charge in [0.1, 0.15) is 5.75 Å². The first-order chi connectivity index (χ1) is 8.24. The van der Waals surface area contributed by atoms with Crippen molar-refractivity contribution in [2.45, 2.75) is 19.3 Å². The highest BCUT2D eigenvalue weighted by molar-refractivity contribution is 6.32. The van der Waals surface area contributed by atoms with Crippen molar-refractivity contribution < 1.29 is 9.84 Å². The van der Waals surface area contributed by atoms with Crippen molar-refractivity contribution in [3.63, 3.8) is 0 Å². The van der Waals surface area contributed by atoms with Crippen molar-refractivity contribution in [3.8, 4) is 5.75 Å². The smallest absolute Gasteiger partial charge is 0.119 e. The molecular weight excluding hydrogens is 236 g/mol. The molecule has 0 spiro atoms. The Labute approximate surface area is 107 Å². The molecule has 0 saturated carbocycles. The quantitative estimate of drug-likeness (QED) is 0.892. The van der Waals surface area contributed by atoms with E-state index in [4.69, 9.17) is 21.4 Å². The number of methoxy groups -OCH3 is 1. The van der Waals surface area contributed by atoms with Crippen molar-refractivity contribution in [2.24, 2.45) is 5.92 Å². The lowest BCUT2D eigenvalue weighted by atomic mass is 9.87. The molecule has 0 radical (unpaired) electrons. The number of halogens is 1. The fourth-order valence-electron chi connectivity index (χ4n) is 2.18. The third-order valence-electron chi connectivity index (χ3n) is 3.30. The maximum atomic E-state index is 9.11. The summed E-state index contributed by atoms with van der Waals surface area (Å²) in [6.45, 7) is 0.273. The van der Waals surface area contributed by atoms with Crippen LogP contribution in [0.4, 0.5) is 0 Å². The monoisotopic (exact) mass is 252 g/mol. The zero-order valence-electron chi connectivity index (χ0n) is 9.95. The molecule has 0 fully saturated rings. The molecule has 0 bridgehead atoms. The van der Waals surface area contributed by atoms with Gasteiger partial charge in [-0.3, -0.25) is 0 Å². The number of allylic oxidation sites excluding steroid dienone is 2. The van der Waals surface area contributed by atoms with Crippen LogP contribution in [0.15, 0.2) is 24.3 Å². The van der Waals surface area contributed by atoms with Crippen LogP contribution in [0.5, 0.6) is 5.75 Å². The van der Waals surface area contributed by atoms with E-state index in [1.165, 1.54) is 5.57 Å². The molecule has 0 heterocycles. The van der Waals surface area contributed by atoms with Gasteiger partial charge in [-0.1, -0.05) is 17.7 Å². The number of rotatable bonds is 3. The molecule has 3 heteroatoms. The molecule has 1 aliphatic rings. The van der Waals surface area contributed by atoms with Crippen LogP contribution >= 0.6 is 11.6 Å². The molecule has 92 valence electrons. The lowest BCUT2D eigenvalue weighted by molar-refractivity contribution is 0.218. The van der Waals surface area contributed by atoms with Gasteiger partial charge in [0.25, 0.3) is 0 Å². The van der Waals surface area contributed by atoms with Gasteiger partial charge in [0.15, 0.2) is 0 Å². The Kier molecular flexibility index (Phi) is 4.08. The first-order valence-corrected chi connectivity index (χ1v) is 6.26. The van der Waals surface area contributed by atoms with E-state index >= 15 is 0 Å². The summed E-state index contributed by atoms with van der Waals surface area (Å²) < 4.78 is 5.22. The lowest BCUT2D eigenvalue weighted by Gasteiger charge is -2.21. The van der Waals surface area contributed by atoms with Gasteiger partial charge >= 0.3 is 0 Å². The SMILES string of the molecule is COc1ccc(Cl)c(C2=CCC(CO)CC2)c1. The minimum Gasteiger partial charge on any atom is -0.497 e. The second kappa shape index (κ2) is 5.56. The maximum absolute atomic E-state index is 9.11. The predicted molar refractivity (Wildman–Crippen MR) is 70.4 cm³/mol. The second-order valence-electron chi connectivity index (χ2n) is 4.40. The number of hydrogen-bond donors (Lipinski definition) is 1. The van der Waals surface area contributed by atoms with Crippen LogP contribution in [-0.2, 0) is 0 Å². The fourth-order valence-corrected chi connectivity index (χ4v) is 2.42. The van der Waals surface area contributed by atoms with E-state index in [0.717, 1.165) is 35.6 Å². The van der Waals surface area contributed by atoms with Crippen molar-refractivity contribution >= 4 is 17.2 Å². The van der Waals surface area contributed by atoms with E-state index in [0.29, 0.717) is 5.92 Å². The Hall–Kier alpha value is -0.990. The van der Waals surface area contributed by atoms with Gasteiger partial charge in [0.2, 0.25) is 0 Å². The van der Waals surface area contributed by atoms with E-state index in [-0.39, 0.29) is 6.61 Å². The standard InChI is InChI=1S/C14H17ClO2/c1-17-12-6-7-14(15)13(8-12)11-4-2-10(9-16)3-5-11/h4,6-8,10,16H,2-3,5,9H2,1H3. The molecule has 0 amide bonds. The molecule has 1 atom stereocenters. The maximum Gasteiger partial charge on any atom is 0.119 e. The molecule has 1 N–H and O–H groups in total. The summed E-state index contributed by atoms with van der Waals surface area (Å²) in [6.07, 6.45) is 5.11. The Morgan fingerprint density at radius 3 is 2.88 bits per heavy atom. The molecule has 0 saturated heterocycles. The highest BCUT2D eigenvalue weighted by Gasteiger charge is 2.16. The zero-order valence-corrected chi connectivity index (χ0v) is 10.7. The molecule has 17 heavy (non-hydrogen) atoms. The number of aliphatic hydroxyl groups is 1. The molecule has 2 rings (SSSR count). The minimum absolute atomic E-state index is 0.273. The van der Waals surface area contributed by atoms with Gasteiger partial charge in [-0.05, 0) is 54.5 Å². The first kappa shape index (κ1) is 12.5. The molecule has 0 aliphatic heterocycles. The van der Waals surface area contributed by atoms with Crippen molar-refractivity contribution in [1.82, 2.24) is 0 Å². The largest absolute Gasteiger partial charge is 0.497 e. The summed E-state index contributed by atoms with van der Waals surface area (Å²) in [5.74, 6) is 1.23. The third kappa shape index (κ3) is 2.82. The fraction of sp³-hybridized carbons (Fsp3) is 0.429. The zero-order chi connectivity index (χ0) is 12.3. The summed E-state index contributed by atoms with van der Waals surface area (Å²) in [5.41, 5.74) is 2.32. The summed E-state index contributed by atoms with van der Waals surface area (Å²) >= 11 is 6.21. The summed E-state index contributed by atoms with van der Waals surface area (Å²) in [6, 6.07) is 5.72. The van der Waals surface area contributed by atoms with Crippen molar-refractivity contribution in [2.75, 3.05) is 13.7 Å². The van der Waals surface area contributed by atoms with Crippen LogP contribution in [0, 0.1) is 5.92 Å². The van der Waals surface area contributed by atoms with Gasteiger partial charge in [0.05, 0.1) is 7.11 Å². The van der Waals surface area contributed by atoms with Gasteiger partial charge in [-0.15, -0.1) is 0 Å². The van der Waals surface area contributed by atoms with Crippen LogP contribution < -0.4 is 4.74 Å². The molecular formula is C14H17ClO2. The van der Waals surface area contributed by atoms with Crippen LogP contribution in [0.2, 0.25) is 5.02 Å². The van der Waals surface area contributed by atoms with E-state index in [2.05, 4.69) is 6.08 Å². The topological polar surface area (TPSA) is 29.5 Å². The van der Waals surface area contributed by atoms with E-state index in [1.54, 1.807) is 7.11 Å². The Morgan fingerprint density at radius 2 is 2.29 bits per heavy atom. The van der Waals surface area contributed by atoms with Gasteiger partial charge in [-0.2, -0.15) is 0 Å². The summed E-state index contributed by atoms with van der Waals surface area (Å²) in [4.78, 5) is 0. The Bertz CT molecular complexity index is 426. The summed E-state index contributed by atoms with van der Waals surface area (Å²) in [5, 5.41) is 9.87. The van der Waals surface area contributed by atoms with Crippen molar-refractivity contribution in [3.05, 3.63) is 34.9 Å². The van der Waals surface area contributed by atoms with Gasteiger partial charge < -0.3 is 9.84 Å². The van der Waals surface area contributed by atoms with E-state index < -0.39 is 0 Å². The lowest BCUT2D eigenvalue weighted by Crippen LogP contribution is -2.09. The van der Waals surface area contributed by atoms with Gasteiger partial charge in [0, 0.05) is 11.6 Å². The Balaban J connectivity index is 2.25. The minimum atomic E-state index is 0.273. The average molecular weight is 253 g/mol. The second-order valence-corrected chi connectivity index (χ2v) is 4.81. The van der Waals surface area contributed by atoms with E-state index in [9.17, 15) is 0 Å². The highest BCUT2D eigenvalue weighted by atomic mass is 35.5. The molecule has 1 aromatic carbocycles. The Morgan fingerprint density at radius 1 is 1.47 bits per heavy atom. The molecule has 2 nitrogen and oxygen atoms in total. The van der Waals surface area contributed by atoms with Crippen LogP contribution in [0.3, 0.4) is 0 Å². The van der Waals surface area contributed by atoms with Gasteiger partial charge in [-0.25, -0.2) is 0 Å².